The van der Waals surface area contributed by atoms with Crippen molar-refractivity contribution in [1.82, 2.24) is 15.1 Å². The minimum Gasteiger partial charge on any atom is -0.496 e. The molecule has 8 heteroatoms. The van der Waals surface area contributed by atoms with E-state index in [1.54, 1.807) is 12.0 Å². The van der Waals surface area contributed by atoms with Gasteiger partial charge in [0.2, 0.25) is 16.9 Å². The van der Waals surface area contributed by atoms with Crippen molar-refractivity contribution >= 4 is 28.3 Å². The van der Waals surface area contributed by atoms with Crippen LogP contribution in [0.5, 0.6) is 5.75 Å². The topological polar surface area (TPSA) is 84.4 Å². The fraction of sp³-hybridized carbons (Fsp3) is 0.474. The molecular formula is C19H24N4O3S. The van der Waals surface area contributed by atoms with E-state index in [1.807, 2.05) is 45.0 Å². The van der Waals surface area contributed by atoms with Crippen LogP contribution < -0.4 is 10.1 Å². The predicted molar refractivity (Wildman–Crippen MR) is 104 cm³/mol. The molecule has 0 aliphatic carbocycles. The van der Waals surface area contributed by atoms with Crippen molar-refractivity contribution in [2.24, 2.45) is 5.92 Å². The number of carbonyl (C=O) groups excluding carboxylic acids is 2. The second-order valence-corrected chi connectivity index (χ2v) is 8.62. The molecule has 0 spiro atoms. The molecule has 2 heterocycles. The van der Waals surface area contributed by atoms with Gasteiger partial charge in [-0.1, -0.05) is 50.3 Å². The smallest absolute Gasteiger partial charge is 0.231 e. The zero-order valence-electron chi connectivity index (χ0n) is 16.0. The van der Waals surface area contributed by atoms with Crippen LogP contribution in [0.15, 0.2) is 24.3 Å². The highest BCUT2D eigenvalue weighted by Gasteiger charge is 2.35. The van der Waals surface area contributed by atoms with Crippen LogP contribution in [0, 0.1) is 5.92 Å². The monoisotopic (exact) mass is 388 g/mol. The zero-order valence-corrected chi connectivity index (χ0v) is 16.8. The van der Waals surface area contributed by atoms with Gasteiger partial charge in [-0.05, 0) is 6.07 Å². The second-order valence-electron chi connectivity index (χ2n) is 7.64. The van der Waals surface area contributed by atoms with Crippen LogP contribution in [0.25, 0.3) is 0 Å². The van der Waals surface area contributed by atoms with Crippen molar-refractivity contribution in [1.29, 1.82) is 0 Å². The minimum absolute atomic E-state index is 0.0336. The van der Waals surface area contributed by atoms with Gasteiger partial charge < -0.3 is 15.0 Å². The molecule has 1 aliphatic rings. The molecule has 1 fully saturated rings. The number of ether oxygens (including phenoxy) is 1. The number of rotatable bonds is 5. The van der Waals surface area contributed by atoms with Crippen LogP contribution >= 0.6 is 11.3 Å². The van der Waals surface area contributed by atoms with Crippen LogP contribution in [0.3, 0.4) is 0 Å². The maximum Gasteiger partial charge on any atom is 0.231 e. The van der Waals surface area contributed by atoms with Crippen LogP contribution in [0.2, 0.25) is 0 Å². The average Bonchev–Trinajstić information content (AvgIpc) is 3.22. The quantitative estimate of drug-likeness (QED) is 0.851. The molecule has 2 amide bonds. The van der Waals surface area contributed by atoms with Gasteiger partial charge >= 0.3 is 0 Å². The SMILES string of the molecule is COc1ccccc1CN1C[C@@H](C(=O)Nc2nnc(C(C)(C)C)s2)CC1=O. The normalized spacial score (nSPS) is 17.3. The van der Waals surface area contributed by atoms with Gasteiger partial charge in [-0.3, -0.25) is 9.59 Å². The molecule has 0 unspecified atom stereocenters. The number of aromatic nitrogens is 2. The maximum atomic E-state index is 12.6. The summed E-state index contributed by atoms with van der Waals surface area (Å²) in [6, 6.07) is 7.58. The molecule has 1 saturated heterocycles. The lowest BCUT2D eigenvalue weighted by molar-refractivity contribution is -0.128. The van der Waals surface area contributed by atoms with Gasteiger partial charge in [0.05, 0.1) is 13.0 Å². The maximum absolute atomic E-state index is 12.6. The molecular weight excluding hydrogens is 364 g/mol. The Labute approximate surface area is 162 Å². The van der Waals surface area contributed by atoms with E-state index in [4.69, 9.17) is 4.74 Å². The van der Waals surface area contributed by atoms with Gasteiger partial charge in [0.25, 0.3) is 0 Å². The van der Waals surface area contributed by atoms with Crippen LogP contribution in [-0.4, -0.2) is 40.6 Å². The van der Waals surface area contributed by atoms with E-state index in [0.29, 0.717) is 18.2 Å². The van der Waals surface area contributed by atoms with Crippen molar-refractivity contribution in [3.8, 4) is 5.75 Å². The summed E-state index contributed by atoms with van der Waals surface area (Å²) in [6.07, 6.45) is 0.200. The molecule has 1 atom stereocenters. The van der Waals surface area contributed by atoms with Gasteiger partial charge in [0, 0.05) is 30.5 Å². The van der Waals surface area contributed by atoms with Crippen LogP contribution in [0.1, 0.15) is 37.8 Å². The molecule has 1 aliphatic heterocycles. The first-order valence-electron chi connectivity index (χ1n) is 8.82. The number of methoxy groups -OCH3 is 1. The highest BCUT2D eigenvalue weighted by Crippen LogP contribution is 2.29. The third-order valence-corrected chi connectivity index (χ3v) is 5.70. The van der Waals surface area contributed by atoms with Crippen molar-refractivity contribution in [2.75, 3.05) is 19.0 Å². The van der Waals surface area contributed by atoms with Crippen LogP contribution in [-0.2, 0) is 21.5 Å². The number of nitrogens with one attached hydrogen (secondary N) is 1. The number of likely N-dealkylation sites (tertiary alicyclic amines) is 1. The van der Waals surface area contributed by atoms with Gasteiger partial charge in [-0.15, -0.1) is 10.2 Å². The summed E-state index contributed by atoms with van der Waals surface area (Å²) in [5.41, 5.74) is 0.809. The lowest BCUT2D eigenvalue weighted by atomic mass is 9.98. The highest BCUT2D eigenvalue weighted by molar-refractivity contribution is 7.15. The first kappa shape index (κ1) is 19.3. The van der Waals surface area contributed by atoms with E-state index in [-0.39, 0.29) is 23.7 Å². The summed E-state index contributed by atoms with van der Waals surface area (Å²) in [5, 5.41) is 12.3. The number of amides is 2. The highest BCUT2D eigenvalue weighted by atomic mass is 32.1. The Kier molecular flexibility index (Phi) is 5.46. The summed E-state index contributed by atoms with van der Waals surface area (Å²) in [4.78, 5) is 26.6. The Morgan fingerprint density at radius 2 is 2.07 bits per heavy atom. The van der Waals surface area contributed by atoms with Crippen molar-refractivity contribution in [3.63, 3.8) is 0 Å². The van der Waals surface area contributed by atoms with Crippen molar-refractivity contribution < 1.29 is 14.3 Å². The molecule has 7 nitrogen and oxygen atoms in total. The summed E-state index contributed by atoms with van der Waals surface area (Å²) in [6.45, 7) is 6.95. The summed E-state index contributed by atoms with van der Waals surface area (Å²) in [5.74, 6) is 0.118. The lowest BCUT2D eigenvalue weighted by Crippen LogP contribution is -2.28. The van der Waals surface area contributed by atoms with E-state index in [0.717, 1.165) is 16.3 Å². The number of para-hydroxylation sites is 1. The molecule has 27 heavy (non-hydrogen) atoms. The summed E-state index contributed by atoms with van der Waals surface area (Å²) in [7, 11) is 1.61. The first-order chi connectivity index (χ1) is 12.8. The largest absolute Gasteiger partial charge is 0.496 e. The molecule has 1 aromatic carbocycles. The van der Waals surface area contributed by atoms with E-state index in [9.17, 15) is 9.59 Å². The number of anilines is 1. The molecule has 1 aromatic heterocycles. The number of hydrogen-bond acceptors (Lipinski definition) is 6. The van der Waals surface area contributed by atoms with Crippen LogP contribution in [0.4, 0.5) is 5.13 Å². The van der Waals surface area contributed by atoms with Crippen molar-refractivity contribution in [3.05, 3.63) is 34.8 Å². The molecule has 3 rings (SSSR count). The van der Waals surface area contributed by atoms with E-state index in [2.05, 4.69) is 15.5 Å². The predicted octanol–water partition coefficient (Wildman–Crippen LogP) is 2.83. The van der Waals surface area contributed by atoms with Gasteiger partial charge in [-0.25, -0.2) is 0 Å². The molecule has 1 N–H and O–H groups in total. The third kappa shape index (κ3) is 4.44. The average molecular weight is 388 g/mol. The standard InChI is InChI=1S/C19H24N4O3S/c1-19(2,3)17-21-22-18(27-17)20-16(25)13-9-15(24)23(11-13)10-12-7-5-6-8-14(12)26-4/h5-8,13H,9-11H2,1-4H3,(H,20,22,25)/t13-/m0/s1. The second kappa shape index (κ2) is 7.64. The Morgan fingerprint density at radius 3 is 2.74 bits per heavy atom. The number of benzene rings is 1. The summed E-state index contributed by atoms with van der Waals surface area (Å²) < 4.78 is 5.34. The first-order valence-corrected chi connectivity index (χ1v) is 9.64. The molecule has 2 aromatic rings. The Balaban J connectivity index is 1.63. The Hall–Kier alpha value is -2.48. The van der Waals surface area contributed by atoms with E-state index in [1.165, 1.54) is 11.3 Å². The Morgan fingerprint density at radius 1 is 1.33 bits per heavy atom. The van der Waals surface area contributed by atoms with Crippen molar-refractivity contribution in [2.45, 2.75) is 39.2 Å². The molecule has 144 valence electrons. The fourth-order valence-electron chi connectivity index (χ4n) is 2.92. The summed E-state index contributed by atoms with van der Waals surface area (Å²) >= 11 is 1.37. The number of carbonyl (C=O) groups is 2. The van der Waals surface area contributed by atoms with Gasteiger partial charge in [0.1, 0.15) is 10.8 Å². The third-order valence-electron chi connectivity index (χ3n) is 4.44. The van der Waals surface area contributed by atoms with E-state index < -0.39 is 5.92 Å². The number of hydrogen-bond donors (Lipinski definition) is 1. The molecule has 0 radical (unpaired) electrons. The molecule has 0 saturated carbocycles. The zero-order chi connectivity index (χ0) is 19.6. The van der Waals surface area contributed by atoms with Gasteiger partial charge in [-0.2, -0.15) is 0 Å². The Bertz CT molecular complexity index is 843. The number of nitrogens with zero attached hydrogens (tertiary/aromatic N) is 3. The van der Waals surface area contributed by atoms with E-state index >= 15 is 0 Å². The lowest BCUT2D eigenvalue weighted by Gasteiger charge is -2.18. The van der Waals surface area contributed by atoms with Gasteiger partial charge in [0.15, 0.2) is 0 Å². The molecule has 0 bridgehead atoms. The fourth-order valence-corrected chi connectivity index (χ4v) is 3.73. The minimum atomic E-state index is -0.394.